The van der Waals surface area contributed by atoms with Crippen LogP contribution >= 0.6 is 23.2 Å². The van der Waals surface area contributed by atoms with Crippen LogP contribution in [0.15, 0.2) is 36.4 Å². The molecule has 2 aromatic carbocycles. The number of carboxylic acids is 1. The average Bonchev–Trinajstić information content (AvgIpc) is 2.77. The van der Waals surface area contributed by atoms with Crippen molar-refractivity contribution in [1.29, 1.82) is 0 Å². The largest absolute Gasteiger partial charge is 0.496 e. The highest BCUT2D eigenvalue weighted by molar-refractivity contribution is 6.42. The normalized spacial score (nSPS) is 11.6. The van der Waals surface area contributed by atoms with E-state index in [4.69, 9.17) is 32.7 Å². The summed E-state index contributed by atoms with van der Waals surface area (Å²) in [4.78, 5) is 51.1. The van der Waals surface area contributed by atoms with Gasteiger partial charge in [0.1, 0.15) is 16.9 Å². The first kappa shape index (κ1) is 29.1. The molecule has 0 aliphatic carbocycles. The summed E-state index contributed by atoms with van der Waals surface area (Å²) in [5.74, 6) is -4.02. The lowest BCUT2D eigenvalue weighted by Crippen LogP contribution is -2.43. The van der Waals surface area contributed by atoms with Gasteiger partial charge in [-0.05, 0) is 43.7 Å². The number of Topliss-reactive ketones (excluding diaryl/α,β-unsaturated/α-hetero) is 1. The summed E-state index contributed by atoms with van der Waals surface area (Å²) >= 11 is 12.1. The highest BCUT2D eigenvalue weighted by Gasteiger charge is 2.38. The van der Waals surface area contributed by atoms with Gasteiger partial charge in [0.2, 0.25) is 11.7 Å². The fourth-order valence-corrected chi connectivity index (χ4v) is 3.24. The number of ketones is 1. The molecule has 2 rings (SSSR count). The van der Waals surface area contributed by atoms with E-state index in [0.717, 1.165) is 0 Å². The summed E-state index contributed by atoms with van der Waals surface area (Å²) in [6, 6.07) is 8.84. The van der Waals surface area contributed by atoms with Gasteiger partial charge in [0.25, 0.3) is 0 Å². The lowest BCUT2D eigenvalue weighted by Gasteiger charge is -2.37. The Bertz CT molecular complexity index is 1190. The van der Waals surface area contributed by atoms with Gasteiger partial charge in [-0.25, -0.2) is 9.59 Å². The standard InChI is InChI=1S/C26H29Cl2NO7/c1-25(2,3)26(4,5)36-24(34)20(30)13-22(31)29(14-15-7-10-18(27)19(28)11-15)16-8-9-17(23(32)33)21(12-16)35-6/h7-12H,13-14H2,1-6H3,(H,32,33). The summed E-state index contributed by atoms with van der Waals surface area (Å²) < 4.78 is 10.6. The van der Waals surface area contributed by atoms with Crippen LogP contribution in [0.1, 0.15) is 57.0 Å². The second kappa shape index (κ2) is 11.3. The quantitative estimate of drug-likeness (QED) is 0.253. The third-order valence-corrected chi connectivity index (χ3v) is 6.79. The monoisotopic (exact) mass is 537 g/mol. The van der Waals surface area contributed by atoms with Crippen LogP contribution in [-0.2, 0) is 25.7 Å². The van der Waals surface area contributed by atoms with E-state index in [2.05, 4.69) is 0 Å². The van der Waals surface area contributed by atoms with Crippen molar-refractivity contribution in [1.82, 2.24) is 0 Å². The van der Waals surface area contributed by atoms with Gasteiger partial charge >= 0.3 is 11.9 Å². The minimum atomic E-state index is -1.21. The van der Waals surface area contributed by atoms with Crippen LogP contribution < -0.4 is 9.64 Å². The van der Waals surface area contributed by atoms with Gasteiger partial charge in [0.15, 0.2) is 0 Å². The molecule has 10 heteroatoms. The summed E-state index contributed by atoms with van der Waals surface area (Å²) in [7, 11) is 1.30. The smallest absolute Gasteiger partial charge is 0.375 e. The molecule has 1 N–H and O–H groups in total. The third-order valence-electron chi connectivity index (χ3n) is 6.05. The number of anilines is 1. The molecule has 0 aromatic heterocycles. The van der Waals surface area contributed by atoms with E-state index in [0.29, 0.717) is 10.6 Å². The fraction of sp³-hybridized carbons (Fsp3) is 0.385. The first-order valence-corrected chi connectivity index (χ1v) is 11.7. The van der Waals surface area contributed by atoms with E-state index < -0.39 is 41.1 Å². The number of carboxylic acid groups (broad SMARTS) is 1. The van der Waals surface area contributed by atoms with Crippen molar-refractivity contribution in [3.05, 3.63) is 57.6 Å². The zero-order valence-electron chi connectivity index (χ0n) is 21.0. The topological polar surface area (TPSA) is 110 Å². The average molecular weight is 538 g/mol. The highest BCUT2D eigenvalue weighted by atomic mass is 35.5. The molecule has 0 atom stereocenters. The molecule has 0 saturated carbocycles. The van der Waals surface area contributed by atoms with E-state index in [1.807, 2.05) is 20.8 Å². The number of hydrogen-bond donors (Lipinski definition) is 1. The molecule has 0 aliphatic rings. The van der Waals surface area contributed by atoms with Gasteiger partial charge < -0.3 is 19.5 Å². The van der Waals surface area contributed by atoms with Crippen LogP contribution in [0.25, 0.3) is 0 Å². The second-order valence-electron chi connectivity index (χ2n) is 9.67. The fourth-order valence-electron chi connectivity index (χ4n) is 2.92. The number of methoxy groups -OCH3 is 1. The first-order valence-electron chi connectivity index (χ1n) is 11.0. The number of rotatable bonds is 9. The number of ether oxygens (including phenoxy) is 2. The maximum atomic E-state index is 13.3. The van der Waals surface area contributed by atoms with E-state index in [9.17, 15) is 24.3 Å². The Morgan fingerprint density at radius 2 is 1.58 bits per heavy atom. The Morgan fingerprint density at radius 3 is 2.11 bits per heavy atom. The molecule has 0 spiro atoms. The van der Waals surface area contributed by atoms with Crippen LogP contribution in [0, 0.1) is 5.41 Å². The van der Waals surface area contributed by atoms with Crippen molar-refractivity contribution in [2.45, 2.75) is 53.2 Å². The zero-order chi connectivity index (χ0) is 27.4. The first-order chi connectivity index (χ1) is 16.6. The molecule has 0 aliphatic heterocycles. The minimum Gasteiger partial charge on any atom is -0.496 e. The number of halogens is 2. The number of esters is 1. The van der Waals surface area contributed by atoms with Gasteiger partial charge in [-0.1, -0.05) is 50.0 Å². The van der Waals surface area contributed by atoms with Crippen LogP contribution in [0.4, 0.5) is 5.69 Å². The molecule has 0 fully saturated rings. The molecule has 194 valence electrons. The van der Waals surface area contributed by atoms with Crippen LogP contribution in [-0.4, -0.2) is 41.4 Å². The number of carbonyl (C=O) groups is 4. The Balaban J connectivity index is 2.39. The van der Waals surface area contributed by atoms with Crippen molar-refractivity contribution < 1.29 is 33.8 Å². The predicted octanol–water partition coefficient (Wildman–Crippen LogP) is 5.56. The maximum absolute atomic E-state index is 13.3. The Hall–Kier alpha value is -3.10. The van der Waals surface area contributed by atoms with Crippen molar-refractivity contribution in [2.75, 3.05) is 12.0 Å². The lowest BCUT2D eigenvalue weighted by atomic mass is 9.79. The Kier molecular flexibility index (Phi) is 9.15. The van der Waals surface area contributed by atoms with Crippen molar-refractivity contribution in [3.63, 3.8) is 0 Å². The molecule has 8 nitrogen and oxygen atoms in total. The molecular formula is C26H29Cl2NO7. The van der Waals surface area contributed by atoms with Gasteiger partial charge in [-0.2, -0.15) is 0 Å². The molecule has 0 radical (unpaired) electrons. The van der Waals surface area contributed by atoms with E-state index >= 15 is 0 Å². The summed E-state index contributed by atoms with van der Waals surface area (Å²) in [5.41, 5.74) is -0.669. The van der Waals surface area contributed by atoms with Gasteiger partial charge in [-0.15, -0.1) is 0 Å². The zero-order valence-corrected chi connectivity index (χ0v) is 22.5. The number of nitrogens with zero attached hydrogens (tertiary/aromatic N) is 1. The van der Waals surface area contributed by atoms with Crippen molar-refractivity contribution >= 4 is 52.5 Å². The van der Waals surface area contributed by atoms with Gasteiger partial charge in [-0.3, -0.25) is 9.59 Å². The summed E-state index contributed by atoms with van der Waals surface area (Å²) in [6.45, 7) is 8.93. The number of carbonyl (C=O) groups excluding carboxylic acids is 3. The lowest BCUT2D eigenvalue weighted by molar-refractivity contribution is -0.172. The van der Waals surface area contributed by atoms with E-state index in [1.54, 1.807) is 32.0 Å². The molecule has 0 heterocycles. The number of benzene rings is 2. The third kappa shape index (κ3) is 6.98. The maximum Gasteiger partial charge on any atom is 0.375 e. The minimum absolute atomic E-state index is 0.0181. The summed E-state index contributed by atoms with van der Waals surface area (Å²) in [5, 5.41) is 9.97. The summed E-state index contributed by atoms with van der Waals surface area (Å²) in [6.07, 6.45) is -0.761. The molecule has 36 heavy (non-hydrogen) atoms. The highest BCUT2D eigenvalue weighted by Crippen LogP contribution is 2.33. The molecular weight excluding hydrogens is 509 g/mol. The van der Waals surface area contributed by atoms with Crippen molar-refractivity contribution in [3.8, 4) is 5.75 Å². The molecule has 2 aromatic rings. The van der Waals surface area contributed by atoms with Crippen LogP contribution in [0.3, 0.4) is 0 Å². The molecule has 0 saturated heterocycles. The van der Waals surface area contributed by atoms with E-state index in [-0.39, 0.29) is 28.6 Å². The number of hydrogen-bond acceptors (Lipinski definition) is 6. The molecule has 0 unspecified atom stereocenters. The van der Waals surface area contributed by atoms with E-state index in [1.165, 1.54) is 30.2 Å². The molecule has 0 bridgehead atoms. The second-order valence-corrected chi connectivity index (χ2v) is 10.5. The number of amides is 1. The van der Waals surface area contributed by atoms with Crippen LogP contribution in [0.5, 0.6) is 5.75 Å². The number of aromatic carboxylic acids is 1. The SMILES string of the molecule is COc1cc(N(Cc2ccc(Cl)c(Cl)c2)C(=O)CC(=O)C(=O)OC(C)(C)C(C)(C)C)ccc1C(=O)O. The Labute approximate surface area is 220 Å². The Morgan fingerprint density at radius 1 is 0.944 bits per heavy atom. The van der Waals surface area contributed by atoms with Gasteiger partial charge in [0, 0.05) is 17.2 Å². The van der Waals surface area contributed by atoms with Crippen molar-refractivity contribution in [2.24, 2.45) is 5.41 Å². The molecule has 1 amide bonds. The van der Waals surface area contributed by atoms with Gasteiger partial charge in [0.05, 0.1) is 30.1 Å². The predicted molar refractivity (Wildman–Crippen MR) is 137 cm³/mol. The van der Waals surface area contributed by atoms with Crippen LogP contribution in [0.2, 0.25) is 10.0 Å².